The van der Waals surface area contributed by atoms with E-state index in [1.165, 1.54) is 12.3 Å². The number of rotatable bonds is 1. The van der Waals surface area contributed by atoms with Gasteiger partial charge in [0.25, 0.3) is 0 Å². The van der Waals surface area contributed by atoms with Gasteiger partial charge in [0.15, 0.2) is 14.9 Å². The number of halogens is 3. The summed E-state index contributed by atoms with van der Waals surface area (Å²) in [7, 11) is -3.28. The Morgan fingerprint density at radius 1 is 1.50 bits per heavy atom. The molecule has 0 saturated carbocycles. The van der Waals surface area contributed by atoms with Crippen LogP contribution in [0.2, 0.25) is 5.02 Å². The van der Waals surface area contributed by atoms with Crippen LogP contribution < -0.4 is 0 Å². The van der Waals surface area contributed by atoms with Gasteiger partial charge in [0.2, 0.25) is 6.93 Å². The molecule has 0 N–H and O–H groups in total. The van der Waals surface area contributed by atoms with Crippen LogP contribution in [0.15, 0.2) is 23.4 Å². The summed E-state index contributed by atoms with van der Waals surface area (Å²) in [6.45, 7) is -1.75. The van der Waals surface area contributed by atoms with E-state index in [2.05, 4.69) is 4.98 Å². The SMILES string of the molecule is CS(=O)(=O)c1ncccc1Cl.FCF. The fourth-order valence-corrected chi connectivity index (χ4v) is 1.86. The fraction of sp³-hybridized carbons (Fsp3) is 0.286. The molecule has 14 heavy (non-hydrogen) atoms. The zero-order valence-corrected chi connectivity index (χ0v) is 8.82. The van der Waals surface area contributed by atoms with Gasteiger partial charge in [-0.1, -0.05) is 11.6 Å². The lowest BCUT2D eigenvalue weighted by Crippen LogP contribution is -2.00. The summed E-state index contributed by atoms with van der Waals surface area (Å²) >= 11 is 5.57. The highest BCUT2D eigenvalue weighted by Crippen LogP contribution is 2.16. The second kappa shape index (κ2) is 5.87. The Hall–Kier alpha value is -0.750. The number of hydrogen-bond donors (Lipinski definition) is 0. The van der Waals surface area contributed by atoms with E-state index in [-0.39, 0.29) is 10.0 Å². The molecule has 0 unspecified atom stereocenters. The highest BCUT2D eigenvalue weighted by molar-refractivity contribution is 7.90. The Balaban J connectivity index is 0.000000500. The Kier molecular flexibility index (Phi) is 5.56. The van der Waals surface area contributed by atoms with E-state index in [1.54, 1.807) is 6.07 Å². The van der Waals surface area contributed by atoms with Crippen molar-refractivity contribution in [1.82, 2.24) is 4.98 Å². The lowest BCUT2D eigenvalue weighted by atomic mass is 10.5. The van der Waals surface area contributed by atoms with Crippen LogP contribution in [0.3, 0.4) is 0 Å². The maximum atomic E-state index is 10.9. The van der Waals surface area contributed by atoms with E-state index >= 15 is 0 Å². The second-order valence-corrected chi connectivity index (χ2v) is 4.50. The molecule has 0 fully saturated rings. The number of hydrogen-bond acceptors (Lipinski definition) is 3. The van der Waals surface area contributed by atoms with E-state index in [9.17, 15) is 17.2 Å². The molecule has 0 spiro atoms. The van der Waals surface area contributed by atoms with Crippen LogP contribution in [0.4, 0.5) is 8.78 Å². The van der Waals surface area contributed by atoms with Gasteiger partial charge in [-0.05, 0) is 12.1 Å². The molecule has 0 amide bonds. The maximum absolute atomic E-state index is 10.9. The van der Waals surface area contributed by atoms with Gasteiger partial charge in [0, 0.05) is 12.5 Å². The summed E-state index contributed by atoms with van der Waals surface area (Å²) in [4.78, 5) is 3.63. The first-order valence-corrected chi connectivity index (χ1v) is 5.63. The van der Waals surface area contributed by atoms with Crippen LogP contribution >= 0.6 is 11.6 Å². The zero-order valence-electron chi connectivity index (χ0n) is 7.25. The summed E-state index contributed by atoms with van der Waals surface area (Å²) in [6.07, 6.45) is 2.46. The molecule has 0 aromatic carbocycles. The van der Waals surface area contributed by atoms with E-state index in [0.29, 0.717) is 0 Å². The lowest BCUT2D eigenvalue weighted by molar-refractivity contribution is 0.295. The van der Waals surface area contributed by atoms with E-state index in [1.807, 2.05) is 0 Å². The topological polar surface area (TPSA) is 47.0 Å². The predicted octanol–water partition coefficient (Wildman–Crippen LogP) is 2.02. The molecular formula is C7H8ClF2NO2S. The van der Waals surface area contributed by atoms with Gasteiger partial charge in [-0.2, -0.15) is 0 Å². The number of pyridine rings is 1. The van der Waals surface area contributed by atoms with E-state index < -0.39 is 16.8 Å². The normalized spacial score (nSPS) is 10.3. The van der Waals surface area contributed by atoms with Crippen LogP contribution in [-0.4, -0.2) is 26.6 Å². The third kappa shape index (κ3) is 4.48. The summed E-state index contributed by atoms with van der Waals surface area (Å²) in [5.41, 5.74) is 0. The second-order valence-electron chi connectivity index (χ2n) is 2.16. The maximum Gasteiger partial charge on any atom is 0.229 e. The molecule has 3 nitrogen and oxygen atoms in total. The molecule has 1 aromatic heterocycles. The first-order chi connectivity index (χ1) is 6.43. The van der Waals surface area contributed by atoms with Gasteiger partial charge >= 0.3 is 0 Å². The third-order valence-electron chi connectivity index (χ3n) is 1.08. The van der Waals surface area contributed by atoms with Gasteiger partial charge in [-0.15, -0.1) is 0 Å². The lowest BCUT2D eigenvalue weighted by Gasteiger charge is -1.97. The van der Waals surface area contributed by atoms with Crippen LogP contribution in [0.5, 0.6) is 0 Å². The first kappa shape index (κ1) is 13.2. The molecule has 80 valence electrons. The van der Waals surface area contributed by atoms with Crippen LogP contribution in [0.1, 0.15) is 0 Å². The Labute approximate surface area is 85.6 Å². The molecule has 0 saturated heterocycles. The standard InChI is InChI=1S/C6H6ClNO2S.CH2F2/c1-11(9,10)6-5(7)3-2-4-8-6;2-1-3/h2-4H,1H3;1H2. The van der Waals surface area contributed by atoms with Crippen molar-refractivity contribution in [2.75, 3.05) is 13.2 Å². The fourth-order valence-electron chi connectivity index (χ4n) is 0.644. The van der Waals surface area contributed by atoms with Crippen molar-refractivity contribution in [3.8, 4) is 0 Å². The average Bonchev–Trinajstić information content (AvgIpc) is 2.04. The van der Waals surface area contributed by atoms with Gasteiger partial charge in [-0.3, -0.25) is 0 Å². The van der Waals surface area contributed by atoms with Crippen LogP contribution in [0, 0.1) is 0 Å². The Bertz CT molecular complexity index is 383. The third-order valence-corrected chi connectivity index (χ3v) is 2.52. The van der Waals surface area contributed by atoms with Gasteiger partial charge in [0.05, 0.1) is 5.02 Å². The average molecular weight is 244 g/mol. The van der Waals surface area contributed by atoms with Crippen molar-refractivity contribution in [2.45, 2.75) is 5.03 Å². The molecule has 0 bridgehead atoms. The largest absolute Gasteiger partial charge is 0.243 e. The quantitative estimate of drug-likeness (QED) is 0.758. The zero-order chi connectivity index (χ0) is 11.2. The molecule has 0 aliphatic carbocycles. The molecule has 0 atom stereocenters. The minimum absolute atomic E-state index is 0.0679. The van der Waals surface area contributed by atoms with Crippen molar-refractivity contribution in [3.05, 3.63) is 23.4 Å². The summed E-state index contributed by atoms with van der Waals surface area (Å²) in [6, 6.07) is 3.07. The minimum Gasteiger partial charge on any atom is -0.243 e. The number of aromatic nitrogens is 1. The van der Waals surface area contributed by atoms with Crippen molar-refractivity contribution in [2.24, 2.45) is 0 Å². The Morgan fingerprint density at radius 2 is 2.00 bits per heavy atom. The van der Waals surface area contributed by atoms with Gasteiger partial charge in [-0.25, -0.2) is 22.2 Å². The number of alkyl halides is 2. The molecule has 1 heterocycles. The molecule has 1 aromatic rings. The summed E-state index contributed by atoms with van der Waals surface area (Å²) in [5.74, 6) is 0. The molecular weight excluding hydrogens is 236 g/mol. The first-order valence-electron chi connectivity index (χ1n) is 3.36. The van der Waals surface area contributed by atoms with E-state index in [4.69, 9.17) is 11.6 Å². The van der Waals surface area contributed by atoms with Crippen molar-refractivity contribution >= 4 is 21.4 Å². The molecule has 0 radical (unpaired) electrons. The number of sulfone groups is 1. The molecule has 1 rings (SSSR count). The minimum atomic E-state index is -3.28. The monoisotopic (exact) mass is 243 g/mol. The van der Waals surface area contributed by atoms with Crippen molar-refractivity contribution in [1.29, 1.82) is 0 Å². The summed E-state index contributed by atoms with van der Waals surface area (Å²) < 4.78 is 41.1. The molecule has 7 heteroatoms. The number of nitrogens with zero attached hydrogens (tertiary/aromatic N) is 1. The Morgan fingerprint density at radius 3 is 2.29 bits per heavy atom. The van der Waals surface area contributed by atoms with Gasteiger partial charge in [0.1, 0.15) is 0 Å². The van der Waals surface area contributed by atoms with Crippen LogP contribution in [-0.2, 0) is 9.84 Å². The summed E-state index contributed by atoms with van der Waals surface area (Å²) in [5, 5.41) is 0.0941. The smallest absolute Gasteiger partial charge is 0.229 e. The van der Waals surface area contributed by atoms with Crippen molar-refractivity contribution in [3.63, 3.8) is 0 Å². The molecule has 0 aliphatic rings. The van der Waals surface area contributed by atoms with Crippen molar-refractivity contribution < 1.29 is 17.2 Å². The van der Waals surface area contributed by atoms with Crippen LogP contribution in [0.25, 0.3) is 0 Å². The predicted molar refractivity (Wildman–Crippen MR) is 49.4 cm³/mol. The highest BCUT2D eigenvalue weighted by atomic mass is 35.5. The highest BCUT2D eigenvalue weighted by Gasteiger charge is 2.11. The van der Waals surface area contributed by atoms with E-state index in [0.717, 1.165) is 6.26 Å². The molecule has 0 aliphatic heterocycles. The van der Waals surface area contributed by atoms with Gasteiger partial charge < -0.3 is 0 Å².